The fourth-order valence-electron chi connectivity index (χ4n) is 7.23. The number of allylic oxidation sites excluding steroid dienone is 1. The molecule has 2 aromatic carbocycles. The first kappa shape index (κ1) is 35.1. The number of carbonyl (C=O) groups is 3. The van der Waals surface area contributed by atoms with Gasteiger partial charge in [-0.25, -0.2) is 13.4 Å². The number of nitrogens with one attached hydrogen (secondary N) is 2. The number of furan rings is 1. The SMILES string of the molecule is O=C1N[C@]2(C(=O)NS(=O)(=O)C3CC3)C[C@H]2C=CCCCCCC(=O)N2C[C@H](Oc3nc(-c4ccc(C(F)(F)F)cc4)nc4c3oc3ccccc34)C[C@@H]12. The molecule has 0 bridgehead atoms. The molecule has 16 heteroatoms. The van der Waals surface area contributed by atoms with E-state index in [9.17, 15) is 36.0 Å². The van der Waals surface area contributed by atoms with Crippen LogP contribution in [0.25, 0.3) is 33.5 Å². The van der Waals surface area contributed by atoms with Gasteiger partial charge in [-0.1, -0.05) is 42.8 Å². The second-order valence-corrected chi connectivity index (χ2v) is 16.2. The van der Waals surface area contributed by atoms with E-state index in [0.717, 1.165) is 25.0 Å². The van der Waals surface area contributed by atoms with Crippen molar-refractivity contribution in [1.82, 2.24) is 24.9 Å². The van der Waals surface area contributed by atoms with Crippen LogP contribution in [0.1, 0.15) is 63.4 Å². The van der Waals surface area contributed by atoms with Crippen LogP contribution in [0.15, 0.2) is 65.1 Å². The molecule has 2 aromatic heterocycles. The van der Waals surface area contributed by atoms with Gasteiger partial charge >= 0.3 is 6.18 Å². The van der Waals surface area contributed by atoms with Gasteiger partial charge < -0.3 is 19.4 Å². The molecule has 0 unspecified atom stereocenters. The van der Waals surface area contributed by atoms with Gasteiger partial charge in [-0.15, -0.1) is 0 Å². The summed E-state index contributed by atoms with van der Waals surface area (Å²) in [5.41, 5.74) is -0.986. The van der Waals surface area contributed by atoms with Crippen LogP contribution in [0.3, 0.4) is 0 Å². The van der Waals surface area contributed by atoms with Crippen molar-refractivity contribution >= 4 is 49.8 Å². The monoisotopic (exact) mass is 751 g/mol. The average Bonchev–Trinajstić information content (AvgIpc) is 4.02. The van der Waals surface area contributed by atoms with E-state index in [4.69, 9.17) is 9.15 Å². The molecule has 3 fully saturated rings. The summed E-state index contributed by atoms with van der Waals surface area (Å²) in [6, 6.07) is 10.4. The lowest BCUT2D eigenvalue weighted by Crippen LogP contribution is -2.56. The van der Waals surface area contributed by atoms with Gasteiger partial charge in [0.15, 0.2) is 5.82 Å². The quantitative estimate of drug-likeness (QED) is 0.246. The van der Waals surface area contributed by atoms with Crippen LogP contribution in [0.2, 0.25) is 0 Å². The molecule has 278 valence electrons. The Kier molecular flexibility index (Phi) is 8.70. The molecule has 4 heterocycles. The van der Waals surface area contributed by atoms with Crippen LogP contribution in [0.4, 0.5) is 13.2 Å². The molecule has 2 aliphatic carbocycles. The molecule has 8 rings (SSSR count). The number of halogens is 3. The van der Waals surface area contributed by atoms with Crippen LogP contribution in [-0.2, 0) is 30.6 Å². The number of amides is 3. The van der Waals surface area contributed by atoms with Gasteiger partial charge in [0.25, 0.3) is 11.8 Å². The molecular weight excluding hydrogens is 715 g/mol. The van der Waals surface area contributed by atoms with Gasteiger partial charge in [0, 0.05) is 29.7 Å². The maximum absolute atomic E-state index is 14.1. The number of ether oxygens (including phenoxy) is 1. The minimum Gasteiger partial charge on any atom is -0.470 e. The Hall–Kier alpha value is -4.99. The van der Waals surface area contributed by atoms with E-state index < -0.39 is 62.4 Å². The third-order valence-corrected chi connectivity index (χ3v) is 12.2. The van der Waals surface area contributed by atoms with Crippen LogP contribution >= 0.6 is 0 Å². The highest BCUT2D eigenvalue weighted by Crippen LogP contribution is 2.46. The summed E-state index contributed by atoms with van der Waals surface area (Å²) in [5, 5.41) is 2.82. The zero-order chi connectivity index (χ0) is 37.1. The Bertz CT molecular complexity index is 2250. The molecule has 2 aliphatic heterocycles. The highest BCUT2D eigenvalue weighted by atomic mass is 32.2. The smallest absolute Gasteiger partial charge is 0.416 e. The van der Waals surface area contributed by atoms with E-state index in [-0.39, 0.29) is 49.0 Å². The Morgan fingerprint density at radius 1 is 1.04 bits per heavy atom. The predicted octanol–water partition coefficient (Wildman–Crippen LogP) is 5.41. The lowest BCUT2D eigenvalue weighted by atomic mass is 10.1. The Morgan fingerprint density at radius 2 is 1.81 bits per heavy atom. The Morgan fingerprint density at radius 3 is 2.57 bits per heavy atom. The number of nitrogens with zero attached hydrogens (tertiary/aromatic N) is 3. The number of fused-ring (bicyclic) bond motifs is 5. The van der Waals surface area contributed by atoms with Gasteiger partial charge in [0.1, 0.15) is 28.8 Å². The molecule has 0 radical (unpaired) electrons. The summed E-state index contributed by atoms with van der Waals surface area (Å²) in [7, 11) is -3.89. The number of aromatic nitrogens is 2. The van der Waals surface area contributed by atoms with Crippen molar-refractivity contribution in [2.45, 2.75) is 86.9 Å². The number of rotatable bonds is 6. The van der Waals surface area contributed by atoms with Crippen molar-refractivity contribution in [3.8, 4) is 17.3 Å². The van der Waals surface area contributed by atoms with Crippen LogP contribution in [0, 0.1) is 5.92 Å². The standard InChI is InChI=1S/C37H36F3N5O7S/c38-37(39,40)22-14-12-21(13-15-22)32-41-30-26-9-6-7-10-28(26)52-31(30)34(42-32)51-24-18-27-33(47)43-36(35(48)44-53(49,50)25-16-17-25)19-23(36)8-4-2-1-3-5-11-29(46)45(27)20-24/h4,6-10,12-15,23-25,27H,1-3,5,11,16-20H2,(H,43,47)(H,44,48)/t23-,24-,27+,36-/m1/s1. The second-order valence-electron chi connectivity index (χ2n) is 14.2. The fourth-order valence-corrected chi connectivity index (χ4v) is 8.60. The lowest BCUT2D eigenvalue weighted by Gasteiger charge is -2.26. The summed E-state index contributed by atoms with van der Waals surface area (Å²) in [6.45, 7) is -0.00313. The van der Waals surface area contributed by atoms with Crippen LogP contribution < -0.4 is 14.8 Å². The minimum absolute atomic E-state index is 0.00313. The molecule has 53 heavy (non-hydrogen) atoms. The molecule has 4 aliphatic rings. The van der Waals surface area contributed by atoms with E-state index in [0.29, 0.717) is 47.7 Å². The number of alkyl halides is 3. The Labute approximate surface area is 302 Å². The molecule has 3 amide bonds. The molecule has 4 aromatic rings. The third-order valence-electron chi connectivity index (χ3n) is 10.4. The second kappa shape index (κ2) is 13.1. The zero-order valence-electron chi connectivity index (χ0n) is 28.4. The number of benzene rings is 2. The predicted molar refractivity (Wildman–Crippen MR) is 186 cm³/mol. The third kappa shape index (κ3) is 6.84. The van der Waals surface area contributed by atoms with Gasteiger partial charge in [-0.05, 0) is 62.8 Å². The maximum atomic E-state index is 14.1. The van der Waals surface area contributed by atoms with Crippen molar-refractivity contribution in [2.75, 3.05) is 6.54 Å². The summed E-state index contributed by atoms with van der Waals surface area (Å²) in [6.07, 6.45) is 2.71. The van der Waals surface area contributed by atoms with Gasteiger partial charge in [0.2, 0.25) is 27.4 Å². The maximum Gasteiger partial charge on any atom is 0.416 e. The first-order valence-corrected chi connectivity index (χ1v) is 19.2. The summed E-state index contributed by atoms with van der Waals surface area (Å²) < 4.78 is 80.1. The minimum atomic E-state index is -4.53. The van der Waals surface area contributed by atoms with Gasteiger partial charge in [-0.2, -0.15) is 18.2 Å². The van der Waals surface area contributed by atoms with Crippen LogP contribution in [0.5, 0.6) is 5.88 Å². The topological polar surface area (TPSA) is 161 Å². The van der Waals surface area contributed by atoms with Crippen molar-refractivity contribution in [3.05, 3.63) is 66.2 Å². The number of sulfonamides is 1. The van der Waals surface area contributed by atoms with Crippen molar-refractivity contribution in [2.24, 2.45) is 5.92 Å². The lowest BCUT2D eigenvalue weighted by molar-refractivity contribution is -0.139. The number of hydrogen-bond donors (Lipinski definition) is 2. The molecule has 1 saturated heterocycles. The van der Waals surface area contributed by atoms with E-state index in [1.54, 1.807) is 24.3 Å². The molecular formula is C37H36F3N5O7S. The highest BCUT2D eigenvalue weighted by molar-refractivity contribution is 7.91. The van der Waals surface area contributed by atoms with Gasteiger partial charge in [0.05, 0.1) is 17.4 Å². The average molecular weight is 752 g/mol. The van der Waals surface area contributed by atoms with E-state index in [1.807, 2.05) is 12.2 Å². The van der Waals surface area contributed by atoms with Crippen molar-refractivity contribution in [3.63, 3.8) is 0 Å². The summed E-state index contributed by atoms with van der Waals surface area (Å²) in [5.74, 6) is -2.04. The molecule has 2 saturated carbocycles. The van der Waals surface area contributed by atoms with Crippen molar-refractivity contribution in [1.29, 1.82) is 0 Å². The summed E-state index contributed by atoms with van der Waals surface area (Å²) in [4.78, 5) is 51.9. The van der Waals surface area contributed by atoms with E-state index in [1.165, 1.54) is 17.0 Å². The van der Waals surface area contributed by atoms with E-state index in [2.05, 4.69) is 20.0 Å². The fraction of sp³-hybridized carbons (Fsp3) is 0.432. The largest absolute Gasteiger partial charge is 0.470 e. The zero-order valence-corrected chi connectivity index (χ0v) is 29.2. The van der Waals surface area contributed by atoms with E-state index >= 15 is 0 Å². The Balaban J connectivity index is 1.11. The van der Waals surface area contributed by atoms with Crippen molar-refractivity contribution < 1.29 is 45.1 Å². The van der Waals surface area contributed by atoms with Gasteiger partial charge in [-0.3, -0.25) is 19.1 Å². The first-order valence-electron chi connectivity index (χ1n) is 17.7. The number of carbonyl (C=O) groups excluding carboxylic acids is 3. The van der Waals surface area contributed by atoms with Crippen LogP contribution in [-0.4, -0.2) is 70.5 Å². The molecule has 0 spiro atoms. The molecule has 2 N–H and O–H groups in total. The first-order chi connectivity index (χ1) is 25.3. The number of para-hydroxylation sites is 1. The normalized spacial score (nSPS) is 25.4. The molecule has 4 atom stereocenters. The number of hydrogen-bond acceptors (Lipinski definition) is 9. The highest BCUT2D eigenvalue weighted by Gasteiger charge is 2.62. The summed E-state index contributed by atoms with van der Waals surface area (Å²) >= 11 is 0. The molecule has 12 nitrogen and oxygen atoms in total.